The molecule has 8 nitrogen and oxygen atoms in total. The lowest BCUT2D eigenvalue weighted by molar-refractivity contribution is -0.135. The van der Waals surface area contributed by atoms with E-state index in [9.17, 15) is 9.59 Å². The summed E-state index contributed by atoms with van der Waals surface area (Å²) >= 11 is 0. The smallest absolute Gasteiger partial charge is 0.243 e. The zero-order valence-electron chi connectivity index (χ0n) is 17.4. The number of rotatable bonds is 7. The SMILES string of the molecule is CC(C)C(=O)N1CCC(NC(=NCC(=O)N(C)C)NCCc2ccco2)CC1. The fourth-order valence-electron chi connectivity index (χ4n) is 3.00. The predicted octanol–water partition coefficient (Wildman–Crippen LogP) is 1.09. The average Bonchev–Trinajstić information content (AvgIpc) is 3.19. The molecule has 0 aliphatic carbocycles. The summed E-state index contributed by atoms with van der Waals surface area (Å²) in [6.45, 7) is 6.09. The van der Waals surface area contributed by atoms with Crippen LogP contribution in [0.15, 0.2) is 27.8 Å². The summed E-state index contributed by atoms with van der Waals surface area (Å²) < 4.78 is 5.35. The number of guanidine groups is 1. The van der Waals surface area contributed by atoms with Gasteiger partial charge in [0.05, 0.1) is 6.26 Å². The molecule has 0 unspecified atom stereocenters. The van der Waals surface area contributed by atoms with Crippen molar-refractivity contribution in [3.05, 3.63) is 24.2 Å². The first-order chi connectivity index (χ1) is 13.4. The Bertz CT molecular complexity index is 647. The van der Waals surface area contributed by atoms with Crippen LogP contribution in [0.3, 0.4) is 0 Å². The lowest BCUT2D eigenvalue weighted by Gasteiger charge is -2.34. The van der Waals surface area contributed by atoms with Crippen molar-refractivity contribution in [3.8, 4) is 0 Å². The zero-order chi connectivity index (χ0) is 20.5. The Morgan fingerprint density at radius 2 is 2.04 bits per heavy atom. The van der Waals surface area contributed by atoms with E-state index in [1.54, 1.807) is 20.4 Å². The van der Waals surface area contributed by atoms with Crippen LogP contribution in [0.25, 0.3) is 0 Å². The molecule has 156 valence electrons. The molecule has 0 spiro atoms. The van der Waals surface area contributed by atoms with E-state index in [0.717, 1.165) is 38.1 Å². The molecule has 0 aromatic carbocycles. The highest BCUT2D eigenvalue weighted by Crippen LogP contribution is 2.13. The van der Waals surface area contributed by atoms with Gasteiger partial charge in [-0.25, -0.2) is 4.99 Å². The molecule has 2 rings (SSSR count). The van der Waals surface area contributed by atoms with Crippen molar-refractivity contribution in [1.82, 2.24) is 20.4 Å². The van der Waals surface area contributed by atoms with E-state index in [0.29, 0.717) is 12.5 Å². The van der Waals surface area contributed by atoms with Crippen LogP contribution in [0.4, 0.5) is 0 Å². The fraction of sp³-hybridized carbons (Fsp3) is 0.650. The minimum Gasteiger partial charge on any atom is -0.469 e. The van der Waals surface area contributed by atoms with Gasteiger partial charge in [-0.1, -0.05) is 13.8 Å². The molecule has 0 radical (unpaired) electrons. The van der Waals surface area contributed by atoms with Gasteiger partial charge in [-0.2, -0.15) is 0 Å². The zero-order valence-corrected chi connectivity index (χ0v) is 17.4. The number of piperidine rings is 1. The van der Waals surface area contributed by atoms with Crippen molar-refractivity contribution in [2.45, 2.75) is 39.2 Å². The first kappa shape index (κ1) is 21.8. The van der Waals surface area contributed by atoms with Gasteiger partial charge in [0.15, 0.2) is 5.96 Å². The highest BCUT2D eigenvalue weighted by Gasteiger charge is 2.24. The second kappa shape index (κ2) is 10.7. The number of likely N-dealkylation sites (N-methyl/N-ethyl adjacent to an activating group) is 1. The van der Waals surface area contributed by atoms with Crippen LogP contribution >= 0.6 is 0 Å². The molecule has 1 aliphatic heterocycles. The van der Waals surface area contributed by atoms with Crippen LogP contribution in [0.2, 0.25) is 0 Å². The quantitative estimate of drug-likeness (QED) is 0.536. The Morgan fingerprint density at radius 1 is 1.32 bits per heavy atom. The van der Waals surface area contributed by atoms with E-state index in [2.05, 4.69) is 15.6 Å². The van der Waals surface area contributed by atoms with Crippen LogP contribution in [0, 0.1) is 5.92 Å². The molecule has 1 aromatic heterocycles. The maximum Gasteiger partial charge on any atom is 0.243 e. The number of carbonyl (C=O) groups is 2. The number of furan rings is 1. The third-order valence-corrected chi connectivity index (χ3v) is 4.76. The number of likely N-dealkylation sites (tertiary alicyclic amines) is 1. The third kappa shape index (κ3) is 6.90. The van der Waals surface area contributed by atoms with Crippen LogP contribution in [-0.4, -0.2) is 73.9 Å². The highest BCUT2D eigenvalue weighted by molar-refractivity contribution is 5.85. The predicted molar refractivity (Wildman–Crippen MR) is 109 cm³/mol. The normalized spacial score (nSPS) is 15.6. The van der Waals surface area contributed by atoms with E-state index < -0.39 is 0 Å². The summed E-state index contributed by atoms with van der Waals surface area (Å²) in [7, 11) is 3.44. The third-order valence-electron chi connectivity index (χ3n) is 4.76. The number of hydrogen-bond acceptors (Lipinski definition) is 4. The fourth-order valence-corrected chi connectivity index (χ4v) is 3.00. The number of aliphatic imine (C=N–C) groups is 1. The molecular weight excluding hydrogens is 358 g/mol. The van der Waals surface area contributed by atoms with Crippen molar-refractivity contribution >= 4 is 17.8 Å². The number of hydrogen-bond donors (Lipinski definition) is 2. The first-order valence-electron chi connectivity index (χ1n) is 9.93. The molecule has 2 amide bonds. The van der Waals surface area contributed by atoms with Crippen LogP contribution in [-0.2, 0) is 16.0 Å². The molecule has 1 aromatic rings. The second-order valence-corrected chi connectivity index (χ2v) is 7.61. The summed E-state index contributed by atoms with van der Waals surface area (Å²) in [5, 5.41) is 6.70. The van der Waals surface area contributed by atoms with Gasteiger partial charge < -0.3 is 24.9 Å². The molecule has 1 saturated heterocycles. The van der Waals surface area contributed by atoms with Crippen LogP contribution < -0.4 is 10.6 Å². The van der Waals surface area contributed by atoms with Gasteiger partial charge in [0.25, 0.3) is 0 Å². The largest absolute Gasteiger partial charge is 0.469 e. The van der Waals surface area contributed by atoms with Crippen molar-refractivity contribution in [2.75, 3.05) is 40.3 Å². The molecule has 8 heteroatoms. The average molecular weight is 392 g/mol. The number of amides is 2. The van der Waals surface area contributed by atoms with Gasteiger partial charge in [-0.05, 0) is 25.0 Å². The molecule has 0 atom stereocenters. The summed E-state index contributed by atoms with van der Waals surface area (Å²) in [6, 6.07) is 4.02. The van der Waals surface area contributed by atoms with E-state index in [1.807, 2.05) is 30.9 Å². The summed E-state index contributed by atoms with van der Waals surface area (Å²) in [6.07, 6.45) is 4.11. The Hall–Kier alpha value is -2.51. The van der Waals surface area contributed by atoms with E-state index >= 15 is 0 Å². The minimum atomic E-state index is -0.0514. The van der Waals surface area contributed by atoms with Crippen molar-refractivity contribution in [1.29, 1.82) is 0 Å². The minimum absolute atomic E-state index is 0.0296. The molecule has 0 bridgehead atoms. The summed E-state index contributed by atoms with van der Waals surface area (Å²) in [4.78, 5) is 31.9. The maximum atomic E-state index is 12.1. The molecule has 2 N–H and O–H groups in total. The Labute approximate surface area is 167 Å². The number of carbonyl (C=O) groups excluding carboxylic acids is 2. The molecule has 28 heavy (non-hydrogen) atoms. The van der Waals surface area contributed by atoms with Crippen LogP contribution in [0.1, 0.15) is 32.4 Å². The molecule has 0 saturated carbocycles. The van der Waals surface area contributed by atoms with E-state index in [-0.39, 0.29) is 30.3 Å². The van der Waals surface area contributed by atoms with Gasteiger partial charge in [0.1, 0.15) is 12.3 Å². The Kier molecular flexibility index (Phi) is 8.35. The van der Waals surface area contributed by atoms with Crippen molar-refractivity contribution in [3.63, 3.8) is 0 Å². The first-order valence-corrected chi connectivity index (χ1v) is 9.93. The summed E-state index contributed by atoms with van der Waals surface area (Å²) in [5.41, 5.74) is 0. The van der Waals surface area contributed by atoms with Gasteiger partial charge >= 0.3 is 0 Å². The molecular formula is C20H33N5O3. The molecule has 1 aliphatic rings. The Balaban J connectivity index is 1.88. The van der Waals surface area contributed by atoms with Gasteiger partial charge in [0, 0.05) is 52.1 Å². The number of nitrogens with zero attached hydrogens (tertiary/aromatic N) is 3. The monoisotopic (exact) mass is 391 g/mol. The lowest BCUT2D eigenvalue weighted by atomic mass is 10.0. The van der Waals surface area contributed by atoms with Gasteiger partial charge in [0.2, 0.25) is 11.8 Å². The maximum absolute atomic E-state index is 12.1. The standard InChI is InChI=1S/C20H33N5O3/c1-15(2)19(27)25-11-8-16(9-12-25)23-20(22-14-18(26)24(3)4)21-10-7-17-6-5-13-28-17/h5-6,13,15-16H,7-12,14H2,1-4H3,(H2,21,22,23). The molecule has 2 heterocycles. The summed E-state index contributed by atoms with van der Waals surface area (Å²) in [5.74, 6) is 1.71. The lowest BCUT2D eigenvalue weighted by Crippen LogP contribution is -2.50. The van der Waals surface area contributed by atoms with Crippen molar-refractivity contribution < 1.29 is 14.0 Å². The second-order valence-electron chi connectivity index (χ2n) is 7.61. The van der Waals surface area contributed by atoms with E-state index in [4.69, 9.17) is 4.42 Å². The molecule has 1 fully saturated rings. The Morgan fingerprint density at radius 3 is 2.61 bits per heavy atom. The highest BCUT2D eigenvalue weighted by atomic mass is 16.3. The van der Waals surface area contributed by atoms with Gasteiger partial charge in [-0.15, -0.1) is 0 Å². The number of nitrogens with one attached hydrogen (secondary N) is 2. The van der Waals surface area contributed by atoms with Gasteiger partial charge in [-0.3, -0.25) is 9.59 Å². The van der Waals surface area contributed by atoms with E-state index in [1.165, 1.54) is 4.90 Å². The topological polar surface area (TPSA) is 90.2 Å². The van der Waals surface area contributed by atoms with Crippen LogP contribution in [0.5, 0.6) is 0 Å². The van der Waals surface area contributed by atoms with Crippen molar-refractivity contribution in [2.24, 2.45) is 10.9 Å².